The van der Waals surface area contributed by atoms with E-state index in [1.54, 1.807) is 6.07 Å². The molecule has 0 bridgehead atoms. The van der Waals surface area contributed by atoms with Crippen LogP contribution in [0.5, 0.6) is 0 Å². The molecule has 0 spiro atoms. The van der Waals surface area contributed by atoms with Crippen LogP contribution in [0.25, 0.3) is 10.3 Å². The maximum absolute atomic E-state index is 10.6. The third-order valence-corrected chi connectivity index (χ3v) is 2.55. The van der Waals surface area contributed by atoms with E-state index in [0.29, 0.717) is 21.9 Å². The smallest absolute Gasteiger partial charge is 0.354 e. The lowest BCUT2D eigenvalue weighted by molar-refractivity contribution is -0.105. The highest BCUT2D eigenvalue weighted by Gasteiger charge is 2.09. The van der Waals surface area contributed by atoms with E-state index in [-0.39, 0.29) is 5.69 Å². The standard InChI is InChI=1S/C8H5N3O3S/c12-3-9-8-11-4-1-2-5(7(13)14)10-6(4)15-8/h1-3H,(H,13,14)(H,9,11,12). The van der Waals surface area contributed by atoms with Crippen molar-refractivity contribution in [1.29, 1.82) is 0 Å². The van der Waals surface area contributed by atoms with E-state index in [1.807, 2.05) is 0 Å². The molecule has 6 nitrogen and oxygen atoms in total. The third-order valence-electron chi connectivity index (χ3n) is 1.66. The van der Waals surface area contributed by atoms with Crippen LogP contribution in [0.4, 0.5) is 5.13 Å². The van der Waals surface area contributed by atoms with Gasteiger partial charge in [-0.3, -0.25) is 4.79 Å². The fourth-order valence-electron chi connectivity index (χ4n) is 1.05. The number of thiazole rings is 1. The minimum absolute atomic E-state index is 0.0381. The maximum Gasteiger partial charge on any atom is 0.354 e. The molecule has 0 aliphatic heterocycles. The van der Waals surface area contributed by atoms with E-state index in [4.69, 9.17) is 5.11 Å². The number of nitrogens with zero attached hydrogens (tertiary/aromatic N) is 2. The zero-order valence-electron chi connectivity index (χ0n) is 7.30. The van der Waals surface area contributed by atoms with Gasteiger partial charge < -0.3 is 10.4 Å². The number of aromatic nitrogens is 2. The minimum Gasteiger partial charge on any atom is -0.477 e. The molecule has 2 N–H and O–H groups in total. The first-order chi connectivity index (χ1) is 7.20. The molecule has 0 radical (unpaired) electrons. The van der Waals surface area contributed by atoms with Crippen LogP contribution in [0.3, 0.4) is 0 Å². The van der Waals surface area contributed by atoms with Gasteiger partial charge in [0.1, 0.15) is 16.0 Å². The Balaban J connectivity index is 2.51. The first kappa shape index (κ1) is 9.53. The first-order valence-electron chi connectivity index (χ1n) is 3.92. The molecule has 1 amide bonds. The Kier molecular flexibility index (Phi) is 2.30. The van der Waals surface area contributed by atoms with Gasteiger partial charge in [0.15, 0.2) is 5.13 Å². The first-order valence-corrected chi connectivity index (χ1v) is 4.73. The van der Waals surface area contributed by atoms with Crippen molar-refractivity contribution in [2.45, 2.75) is 0 Å². The second-order valence-corrected chi connectivity index (χ2v) is 3.58. The largest absolute Gasteiger partial charge is 0.477 e. The number of carbonyl (C=O) groups is 2. The lowest BCUT2D eigenvalue weighted by atomic mass is 10.3. The van der Waals surface area contributed by atoms with Crippen LogP contribution in [0, 0.1) is 0 Å². The lowest BCUT2D eigenvalue weighted by Crippen LogP contribution is -1.98. The Labute approximate surface area is 87.6 Å². The number of amides is 1. The van der Waals surface area contributed by atoms with Gasteiger partial charge in [0.25, 0.3) is 0 Å². The highest BCUT2D eigenvalue weighted by molar-refractivity contribution is 7.21. The average molecular weight is 223 g/mol. The van der Waals surface area contributed by atoms with E-state index >= 15 is 0 Å². The van der Waals surface area contributed by atoms with Gasteiger partial charge in [0, 0.05) is 0 Å². The molecule has 2 aromatic rings. The summed E-state index contributed by atoms with van der Waals surface area (Å²) < 4.78 is 0. The molecular formula is C8H5N3O3S. The molecule has 15 heavy (non-hydrogen) atoms. The second kappa shape index (κ2) is 3.62. The highest BCUT2D eigenvalue weighted by atomic mass is 32.1. The minimum atomic E-state index is -1.09. The van der Waals surface area contributed by atoms with Gasteiger partial charge in [-0.05, 0) is 12.1 Å². The zero-order chi connectivity index (χ0) is 10.8. The van der Waals surface area contributed by atoms with Crippen molar-refractivity contribution in [3.05, 3.63) is 17.8 Å². The van der Waals surface area contributed by atoms with Crippen molar-refractivity contribution in [2.75, 3.05) is 5.32 Å². The van der Waals surface area contributed by atoms with E-state index in [1.165, 1.54) is 6.07 Å². The summed E-state index contributed by atoms with van der Waals surface area (Å²) >= 11 is 1.13. The number of carbonyl (C=O) groups excluding carboxylic acids is 1. The van der Waals surface area contributed by atoms with Gasteiger partial charge in [-0.25, -0.2) is 14.8 Å². The van der Waals surface area contributed by atoms with Crippen LogP contribution in [0.15, 0.2) is 12.1 Å². The molecule has 0 aliphatic rings. The number of hydrogen-bond acceptors (Lipinski definition) is 5. The van der Waals surface area contributed by atoms with Gasteiger partial charge >= 0.3 is 5.97 Å². The SMILES string of the molecule is O=CNc1nc2ccc(C(=O)O)nc2s1. The molecule has 0 unspecified atom stereocenters. The van der Waals surface area contributed by atoms with Crippen LogP contribution in [0.1, 0.15) is 10.5 Å². The molecular weight excluding hydrogens is 218 g/mol. The molecule has 2 rings (SSSR count). The normalized spacial score (nSPS) is 10.1. The summed E-state index contributed by atoms with van der Waals surface area (Å²) in [6.07, 6.45) is 0.510. The molecule has 2 heterocycles. The topological polar surface area (TPSA) is 92.2 Å². The van der Waals surface area contributed by atoms with E-state index in [0.717, 1.165) is 11.3 Å². The van der Waals surface area contributed by atoms with Crippen molar-refractivity contribution < 1.29 is 14.7 Å². The number of carboxylic acid groups (broad SMARTS) is 1. The van der Waals surface area contributed by atoms with E-state index in [9.17, 15) is 9.59 Å². The summed E-state index contributed by atoms with van der Waals surface area (Å²) in [5, 5.41) is 11.5. The average Bonchev–Trinajstić information content (AvgIpc) is 2.59. The van der Waals surface area contributed by atoms with E-state index in [2.05, 4.69) is 15.3 Å². The molecule has 2 aromatic heterocycles. The van der Waals surface area contributed by atoms with Crippen molar-refractivity contribution in [3.8, 4) is 0 Å². The molecule has 0 saturated heterocycles. The van der Waals surface area contributed by atoms with Gasteiger partial charge in [0.2, 0.25) is 6.41 Å². The number of fused-ring (bicyclic) bond motifs is 1. The number of rotatable bonds is 3. The Hall–Kier alpha value is -2.02. The van der Waals surface area contributed by atoms with Crippen molar-refractivity contribution in [3.63, 3.8) is 0 Å². The predicted octanol–water partition coefficient (Wildman–Crippen LogP) is 0.958. The predicted molar refractivity (Wildman–Crippen MR) is 54.1 cm³/mol. The van der Waals surface area contributed by atoms with Gasteiger partial charge in [-0.15, -0.1) is 0 Å². The summed E-state index contributed by atoms with van der Waals surface area (Å²) in [5.41, 5.74) is 0.526. The second-order valence-electron chi connectivity index (χ2n) is 2.61. The zero-order valence-corrected chi connectivity index (χ0v) is 8.11. The molecule has 0 fully saturated rings. The van der Waals surface area contributed by atoms with E-state index < -0.39 is 5.97 Å². The molecule has 0 saturated carbocycles. The summed E-state index contributed by atoms with van der Waals surface area (Å²) in [5.74, 6) is -1.09. The van der Waals surface area contributed by atoms with Crippen LogP contribution >= 0.6 is 11.3 Å². The monoisotopic (exact) mass is 223 g/mol. The van der Waals surface area contributed by atoms with Crippen LogP contribution in [-0.4, -0.2) is 27.5 Å². The Morgan fingerprint density at radius 2 is 2.27 bits per heavy atom. The highest BCUT2D eigenvalue weighted by Crippen LogP contribution is 2.23. The Morgan fingerprint density at radius 3 is 2.93 bits per heavy atom. The Morgan fingerprint density at radius 1 is 1.47 bits per heavy atom. The third kappa shape index (κ3) is 1.77. The van der Waals surface area contributed by atoms with Gasteiger partial charge in [0.05, 0.1) is 0 Å². The molecule has 0 aromatic carbocycles. The summed E-state index contributed by atoms with van der Waals surface area (Å²) in [7, 11) is 0. The fourth-order valence-corrected chi connectivity index (χ4v) is 1.84. The van der Waals surface area contributed by atoms with Gasteiger partial charge in [-0.1, -0.05) is 11.3 Å². The molecule has 0 aliphatic carbocycles. The fraction of sp³-hybridized carbons (Fsp3) is 0. The number of hydrogen-bond donors (Lipinski definition) is 2. The number of pyridine rings is 1. The summed E-state index contributed by atoms with van der Waals surface area (Å²) in [6.45, 7) is 0. The van der Waals surface area contributed by atoms with Gasteiger partial charge in [-0.2, -0.15) is 0 Å². The number of carboxylic acids is 1. The van der Waals surface area contributed by atoms with Crippen LogP contribution in [-0.2, 0) is 4.79 Å². The number of aromatic carboxylic acids is 1. The summed E-state index contributed by atoms with van der Waals surface area (Å²) in [4.78, 5) is 29.2. The van der Waals surface area contributed by atoms with Crippen LogP contribution in [0.2, 0.25) is 0 Å². The van der Waals surface area contributed by atoms with Crippen molar-refractivity contribution in [2.24, 2.45) is 0 Å². The molecule has 76 valence electrons. The quantitative estimate of drug-likeness (QED) is 0.756. The van der Waals surface area contributed by atoms with Crippen molar-refractivity contribution in [1.82, 2.24) is 9.97 Å². The van der Waals surface area contributed by atoms with Crippen LogP contribution < -0.4 is 5.32 Å². The number of nitrogens with one attached hydrogen (secondary N) is 1. The summed E-state index contributed by atoms with van der Waals surface area (Å²) in [6, 6.07) is 2.92. The lowest BCUT2D eigenvalue weighted by Gasteiger charge is -1.90. The molecule has 0 atom stereocenters. The Bertz CT molecular complexity index is 537. The molecule has 7 heteroatoms. The maximum atomic E-state index is 10.6. The number of anilines is 1. The van der Waals surface area contributed by atoms with Crippen molar-refractivity contribution >= 4 is 39.2 Å².